The highest BCUT2D eigenvalue weighted by atomic mass is 16.2. The highest BCUT2D eigenvalue weighted by Gasteiger charge is 2.30. The Morgan fingerprint density at radius 1 is 0.786 bits per heavy atom. The fraction of sp³-hybridized carbons (Fsp3) is 0.0870. The van der Waals surface area contributed by atoms with E-state index in [2.05, 4.69) is 5.32 Å². The van der Waals surface area contributed by atoms with Gasteiger partial charge in [0.25, 0.3) is 5.91 Å². The average molecular weight is 370 g/mol. The van der Waals surface area contributed by atoms with E-state index in [9.17, 15) is 14.4 Å². The van der Waals surface area contributed by atoms with Gasteiger partial charge in [0.15, 0.2) is 0 Å². The maximum Gasteiger partial charge on any atom is 0.255 e. The Kier molecular flexibility index (Phi) is 4.72. The van der Waals surface area contributed by atoms with Crippen LogP contribution in [0.1, 0.15) is 23.2 Å². The number of hydrogen-bond donors (Lipinski definition) is 1. The summed E-state index contributed by atoms with van der Waals surface area (Å²) < 4.78 is 0. The van der Waals surface area contributed by atoms with Crippen LogP contribution in [0.2, 0.25) is 0 Å². The molecule has 0 unspecified atom stereocenters. The van der Waals surface area contributed by atoms with Crippen molar-refractivity contribution in [2.24, 2.45) is 0 Å². The minimum Gasteiger partial charge on any atom is -0.321 e. The van der Waals surface area contributed by atoms with Crippen molar-refractivity contribution in [3.8, 4) is 11.1 Å². The van der Waals surface area contributed by atoms with Crippen LogP contribution in [0.15, 0.2) is 78.9 Å². The van der Waals surface area contributed by atoms with Crippen LogP contribution < -0.4 is 10.2 Å². The molecule has 0 aliphatic carbocycles. The van der Waals surface area contributed by atoms with Crippen LogP contribution in [0.3, 0.4) is 0 Å². The van der Waals surface area contributed by atoms with Crippen LogP contribution in [-0.4, -0.2) is 17.7 Å². The normalized spacial score (nSPS) is 13.6. The minimum atomic E-state index is -0.302. The maximum atomic E-state index is 12.8. The Hall–Kier alpha value is -3.73. The molecule has 3 aromatic rings. The van der Waals surface area contributed by atoms with Gasteiger partial charge in [0.1, 0.15) is 0 Å². The lowest BCUT2D eigenvalue weighted by atomic mass is 10.0. The Morgan fingerprint density at radius 3 is 2.21 bits per heavy atom. The zero-order valence-corrected chi connectivity index (χ0v) is 15.1. The van der Waals surface area contributed by atoms with Gasteiger partial charge in [0.05, 0.1) is 5.69 Å². The lowest BCUT2D eigenvalue weighted by Gasteiger charge is -2.15. The van der Waals surface area contributed by atoms with Crippen molar-refractivity contribution in [1.29, 1.82) is 0 Å². The van der Waals surface area contributed by atoms with E-state index in [1.807, 2.05) is 54.6 Å². The summed E-state index contributed by atoms with van der Waals surface area (Å²) in [4.78, 5) is 37.9. The third-order valence-corrected chi connectivity index (χ3v) is 4.68. The van der Waals surface area contributed by atoms with Gasteiger partial charge in [-0.2, -0.15) is 0 Å². The van der Waals surface area contributed by atoms with E-state index in [0.717, 1.165) is 16.0 Å². The van der Waals surface area contributed by atoms with Gasteiger partial charge in [0.2, 0.25) is 11.8 Å². The monoisotopic (exact) mass is 370 g/mol. The Labute approximate surface area is 162 Å². The molecule has 4 rings (SSSR count). The molecule has 138 valence electrons. The van der Waals surface area contributed by atoms with Crippen molar-refractivity contribution in [3.05, 3.63) is 84.4 Å². The third-order valence-electron chi connectivity index (χ3n) is 4.68. The number of nitrogens with one attached hydrogen (secondary N) is 1. The first kappa shape index (κ1) is 17.7. The summed E-state index contributed by atoms with van der Waals surface area (Å²) in [6, 6.07) is 23.9. The summed E-state index contributed by atoms with van der Waals surface area (Å²) in [6.45, 7) is 0. The molecule has 3 aromatic carbocycles. The molecule has 1 aliphatic heterocycles. The second kappa shape index (κ2) is 7.48. The fourth-order valence-electron chi connectivity index (χ4n) is 3.31. The summed E-state index contributed by atoms with van der Waals surface area (Å²) in [6.07, 6.45) is 0.416. The van der Waals surface area contributed by atoms with E-state index in [1.165, 1.54) is 0 Å². The number of benzene rings is 3. The Bertz CT molecular complexity index is 1040. The Morgan fingerprint density at radius 2 is 1.46 bits per heavy atom. The molecule has 3 amide bonds. The van der Waals surface area contributed by atoms with Crippen LogP contribution in [0.4, 0.5) is 11.4 Å². The topological polar surface area (TPSA) is 66.5 Å². The van der Waals surface area contributed by atoms with Gasteiger partial charge in [-0.1, -0.05) is 54.6 Å². The quantitative estimate of drug-likeness (QED) is 0.698. The average Bonchev–Trinajstić information content (AvgIpc) is 3.07. The standard InChI is InChI=1S/C23H18N2O3/c26-21-13-14-22(27)25(21)18-10-6-9-17(15-18)23(28)24-20-12-5-4-11-19(20)16-7-2-1-3-8-16/h1-12,15H,13-14H2,(H,24,28). The summed E-state index contributed by atoms with van der Waals surface area (Å²) >= 11 is 0. The molecule has 5 nitrogen and oxygen atoms in total. The van der Waals surface area contributed by atoms with Crippen molar-refractivity contribution in [2.75, 3.05) is 10.2 Å². The van der Waals surface area contributed by atoms with E-state index in [-0.39, 0.29) is 30.6 Å². The highest BCUT2D eigenvalue weighted by Crippen LogP contribution is 2.28. The van der Waals surface area contributed by atoms with Crippen molar-refractivity contribution < 1.29 is 14.4 Å². The molecule has 0 saturated carbocycles. The van der Waals surface area contributed by atoms with Crippen LogP contribution in [-0.2, 0) is 9.59 Å². The van der Waals surface area contributed by atoms with Gasteiger partial charge >= 0.3 is 0 Å². The number of imide groups is 1. The summed E-state index contributed by atoms with van der Waals surface area (Å²) in [5.74, 6) is -0.779. The predicted molar refractivity (Wildman–Crippen MR) is 108 cm³/mol. The van der Waals surface area contributed by atoms with Crippen LogP contribution in [0.5, 0.6) is 0 Å². The van der Waals surface area contributed by atoms with Crippen molar-refractivity contribution in [1.82, 2.24) is 0 Å². The van der Waals surface area contributed by atoms with Gasteiger partial charge in [-0.25, -0.2) is 0 Å². The number of carbonyl (C=O) groups is 3. The Balaban J connectivity index is 1.61. The van der Waals surface area contributed by atoms with Crippen LogP contribution in [0, 0.1) is 0 Å². The van der Waals surface area contributed by atoms with Gasteiger partial charge < -0.3 is 5.32 Å². The molecule has 1 aliphatic rings. The largest absolute Gasteiger partial charge is 0.321 e. The first-order valence-electron chi connectivity index (χ1n) is 9.05. The molecule has 1 heterocycles. The molecule has 0 bridgehead atoms. The number of para-hydroxylation sites is 1. The van der Waals surface area contributed by atoms with E-state index in [0.29, 0.717) is 16.9 Å². The summed E-state index contributed by atoms with van der Waals surface area (Å²) in [7, 11) is 0. The van der Waals surface area contributed by atoms with E-state index in [4.69, 9.17) is 0 Å². The van der Waals surface area contributed by atoms with Gasteiger partial charge in [-0.05, 0) is 29.8 Å². The summed E-state index contributed by atoms with van der Waals surface area (Å²) in [5, 5.41) is 2.94. The molecule has 1 N–H and O–H groups in total. The van der Waals surface area contributed by atoms with Crippen molar-refractivity contribution in [2.45, 2.75) is 12.8 Å². The number of carbonyl (C=O) groups excluding carboxylic acids is 3. The molecular formula is C23H18N2O3. The molecule has 0 aromatic heterocycles. The molecule has 1 saturated heterocycles. The number of rotatable bonds is 4. The molecule has 5 heteroatoms. The van der Waals surface area contributed by atoms with E-state index < -0.39 is 0 Å². The number of anilines is 2. The van der Waals surface area contributed by atoms with Crippen molar-refractivity contribution >= 4 is 29.1 Å². The lowest BCUT2D eigenvalue weighted by molar-refractivity contribution is -0.121. The number of nitrogens with zero attached hydrogens (tertiary/aromatic N) is 1. The molecule has 0 atom stereocenters. The minimum absolute atomic E-state index is 0.208. The lowest BCUT2D eigenvalue weighted by Crippen LogP contribution is -2.28. The van der Waals surface area contributed by atoms with Crippen LogP contribution >= 0.6 is 0 Å². The molecule has 0 radical (unpaired) electrons. The zero-order chi connectivity index (χ0) is 19.5. The first-order chi connectivity index (χ1) is 13.6. The summed E-state index contributed by atoms with van der Waals surface area (Å²) in [5.41, 5.74) is 3.42. The maximum absolute atomic E-state index is 12.8. The van der Waals surface area contributed by atoms with E-state index >= 15 is 0 Å². The second-order valence-corrected chi connectivity index (χ2v) is 6.54. The number of hydrogen-bond acceptors (Lipinski definition) is 3. The number of amides is 3. The molecule has 28 heavy (non-hydrogen) atoms. The zero-order valence-electron chi connectivity index (χ0n) is 15.1. The SMILES string of the molecule is O=C(Nc1ccccc1-c1ccccc1)c1cccc(N2C(=O)CCC2=O)c1. The third kappa shape index (κ3) is 3.42. The second-order valence-electron chi connectivity index (χ2n) is 6.54. The molecule has 0 spiro atoms. The highest BCUT2D eigenvalue weighted by molar-refractivity contribution is 6.20. The fourth-order valence-corrected chi connectivity index (χ4v) is 3.31. The van der Waals surface area contributed by atoms with Crippen molar-refractivity contribution in [3.63, 3.8) is 0 Å². The molecule has 1 fully saturated rings. The van der Waals surface area contributed by atoms with Gasteiger partial charge in [0, 0.05) is 29.7 Å². The first-order valence-corrected chi connectivity index (χ1v) is 9.05. The van der Waals surface area contributed by atoms with E-state index in [1.54, 1.807) is 24.3 Å². The predicted octanol–water partition coefficient (Wildman–Crippen LogP) is 4.26. The van der Waals surface area contributed by atoms with Gasteiger partial charge in [-0.15, -0.1) is 0 Å². The smallest absolute Gasteiger partial charge is 0.255 e. The van der Waals surface area contributed by atoms with Crippen LogP contribution in [0.25, 0.3) is 11.1 Å². The molecular weight excluding hydrogens is 352 g/mol. The van der Waals surface area contributed by atoms with Gasteiger partial charge in [-0.3, -0.25) is 19.3 Å².